The highest BCUT2D eigenvalue weighted by molar-refractivity contribution is 5.92. The first kappa shape index (κ1) is 19.9. The summed E-state index contributed by atoms with van der Waals surface area (Å²) in [7, 11) is 0. The van der Waals surface area contributed by atoms with Crippen molar-refractivity contribution in [3.05, 3.63) is 59.2 Å². The quantitative estimate of drug-likeness (QED) is 0.644. The number of aliphatic hydroxyl groups is 2. The van der Waals surface area contributed by atoms with Crippen LogP contribution in [0.25, 0.3) is 0 Å². The Balaban J connectivity index is 1.24. The van der Waals surface area contributed by atoms with Crippen LogP contribution in [0.1, 0.15) is 40.2 Å². The third kappa shape index (κ3) is 5.18. The van der Waals surface area contributed by atoms with Crippen molar-refractivity contribution in [2.45, 2.75) is 44.4 Å². The molecule has 1 aliphatic heterocycles. The second kappa shape index (κ2) is 8.98. The third-order valence-corrected chi connectivity index (χ3v) is 5.84. The number of carbonyl (C=O) groups is 1. The molecule has 7 nitrogen and oxygen atoms in total. The second-order valence-electron chi connectivity index (χ2n) is 8.21. The Kier molecular flexibility index (Phi) is 6.18. The van der Waals surface area contributed by atoms with E-state index in [0.29, 0.717) is 18.2 Å². The van der Waals surface area contributed by atoms with Gasteiger partial charge in [0.2, 0.25) is 0 Å². The molecule has 7 heteroatoms. The van der Waals surface area contributed by atoms with Crippen LogP contribution in [-0.4, -0.2) is 62.8 Å². The summed E-state index contributed by atoms with van der Waals surface area (Å²) in [5.41, 5.74) is 3.81. The zero-order valence-corrected chi connectivity index (χ0v) is 16.5. The lowest BCUT2D eigenvalue weighted by Gasteiger charge is -2.31. The normalized spacial score (nSPS) is 22.4. The maximum absolute atomic E-state index is 12.4. The van der Waals surface area contributed by atoms with Gasteiger partial charge in [-0.15, -0.1) is 0 Å². The number of aromatic nitrogens is 2. The van der Waals surface area contributed by atoms with Gasteiger partial charge in [0.25, 0.3) is 5.91 Å². The molecule has 2 heterocycles. The van der Waals surface area contributed by atoms with Crippen LogP contribution in [0.2, 0.25) is 0 Å². The number of benzene rings is 1. The van der Waals surface area contributed by atoms with Crippen molar-refractivity contribution in [2.24, 2.45) is 5.92 Å². The zero-order chi connectivity index (χ0) is 20.2. The van der Waals surface area contributed by atoms with Crippen LogP contribution < -0.4 is 5.32 Å². The average molecular weight is 396 g/mol. The first-order valence-corrected chi connectivity index (χ1v) is 10.3. The number of nitrogens with zero attached hydrogens (tertiary/aromatic N) is 3. The minimum Gasteiger partial charge on any atom is -0.393 e. The van der Waals surface area contributed by atoms with Crippen LogP contribution in [0.3, 0.4) is 0 Å². The summed E-state index contributed by atoms with van der Waals surface area (Å²) in [6.07, 6.45) is 3.88. The number of carbonyl (C=O) groups excluding carboxylic acids is 1. The smallest absolute Gasteiger partial charge is 0.270 e. The molecule has 1 amide bonds. The highest BCUT2D eigenvalue weighted by Gasteiger charge is 2.27. The van der Waals surface area contributed by atoms with E-state index in [1.54, 1.807) is 6.07 Å². The molecule has 0 saturated heterocycles. The Morgan fingerprint density at radius 3 is 2.83 bits per heavy atom. The highest BCUT2D eigenvalue weighted by atomic mass is 16.3. The van der Waals surface area contributed by atoms with Crippen molar-refractivity contribution < 1.29 is 15.0 Å². The molecule has 1 fully saturated rings. The molecular formula is C22H28N4O3. The SMILES string of the molecule is O=C(NC[C@H](O)CN1CCc2ccccc2C1)c1cc(CC2CC(O)C2)ncn1. The number of β-amino-alcohol motifs (C(OH)–C–C–N with tert-alkyl or cyclic N) is 1. The molecule has 3 N–H and O–H groups in total. The highest BCUT2D eigenvalue weighted by Crippen LogP contribution is 2.29. The molecule has 1 aromatic heterocycles. The van der Waals surface area contributed by atoms with E-state index < -0.39 is 6.10 Å². The van der Waals surface area contributed by atoms with E-state index in [9.17, 15) is 15.0 Å². The van der Waals surface area contributed by atoms with E-state index in [4.69, 9.17) is 0 Å². The summed E-state index contributed by atoms with van der Waals surface area (Å²) >= 11 is 0. The van der Waals surface area contributed by atoms with Gasteiger partial charge in [0, 0.05) is 31.9 Å². The van der Waals surface area contributed by atoms with Gasteiger partial charge in [-0.2, -0.15) is 0 Å². The molecule has 4 rings (SSSR count). The first-order chi connectivity index (χ1) is 14.1. The predicted molar refractivity (Wildman–Crippen MR) is 108 cm³/mol. The van der Waals surface area contributed by atoms with Crippen molar-refractivity contribution in [1.29, 1.82) is 0 Å². The Morgan fingerprint density at radius 2 is 2.03 bits per heavy atom. The summed E-state index contributed by atoms with van der Waals surface area (Å²) in [5.74, 6) is 0.123. The molecule has 1 atom stereocenters. The molecule has 29 heavy (non-hydrogen) atoms. The van der Waals surface area contributed by atoms with Gasteiger partial charge >= 0.3 is 0 Å². The van der Waals surface area contributed by atoms with E-state index in [1.807, 2.05) is 6.07 Å². The largest absolute Gasteiger partial charge is 0.393 e. The fraction of sp³-hybridized carbons (Fsp3) is 0.500. The van der Waals surface area contributed by atoms with Crippen molar-refractivity contribution in [3.63, 3.8) is 0 Å². The summed E-state index contributed by atoms with van der Waals surface area (Å²) < 4.78 is 0. The molecule has 1 aromatic carbocycles. The van der Waals surface area contributed by atoms with Gasteiger partial charge in [0.15, 0.2) is 0 Å². The standard InChI is InChI=1S/C22H28N4O3/c27-19-8-15(9-19)7-18-10-21(25-14-24-18)22(29)23-11-20(28)13-26-6-5-16-3-1-2-4-17(16)12-26/h1-4,10,14-15,19-20,27-28H,5-9,11-13H2,(H,23,29)/t15?,19?,20-/m0/s1. The summed E-state index contributed by atoms with van der Waals surface area (Å²) in [5, 5.41) is 22.6. The minimum absolute atomic E-state index is 0.186. The maximum atomic E-state index is 12.4. The topological polar surface area (TPSA) is 98.6 Å². The number of fused-ring (bicyclic) bond motifs is 1. The molecular weight excluding hydrogens is 368 g/mol. The van der Waals surface area contributed by atoms with E-state index >= 15 is 0 Å². The Bertz CT molecular complexity index is 853. The second-order valence-corrected chi connectivity index (χ2v) is 8.21. The number of hydrogen-bond acceptors (Lipinski definition) is 6. The van der Waals surface area contributed by atoms with Gasteiger partial charge in [-0.3, -0.25) is 9.69 Å². The van der Waals surface area contributed by atoms with Crippen LogP contribution in [0.5, 0.6) is 0 Å². The number of aliphatic hydroxyl groups excluding tert-OH is 2. The van der Waals surface area contributed by atoms with Crippen molar-refractivity contribution in [1.82, 2.24) is 20.2 Å². The predicted octanol–water partition coefficient (Wildman–Crippen LogP) is 0.939. The fourth-order valence-electron chi connectivity index (χ4n) is 4.17. The van der Waals surface area contributed by atoms with Crippen LogP contribution in [0.4, 0.5) is 0 Å². The summed E-state index contributed by atoms with van der Waals surface area (Å²) in [4.78, 5) is 22.9. The molecule has 2 aromatic rings. The number of nitrogens with one attached hydrogen (secondary N) is 1. The van der Waals surface area contributed by atoms with Gasteiger partial charge in [-0.25, -0.2) is 9.97 Å². The molecule has 2 aliphatic rings. The first-order valence-electron chi connectivity index (χ1n) is 10.3. The van der Waals surface area contributed by atoms with Crippen LogP contribution in [0, 0.1) is 5.92 Å². The molecule has 154 valence electrons. The van der Waals surface area contributed by atoms with E-state index in [1.165, 1.54) is 17.5 Å². The summed E-state index contributed by atoms with van der Waals surface area (Å²) in [6.45, 7) is 2.44. The fourth-order valence-corrected chi connectivity index (χ4v) is 4.17. The minimum atomic E-state index is -0.637. The Hall–Kier alpha value is -2.35. The van der Waals surface area contributed by atoms with Crippen LogP contribution in [-0.2, 0) is 19.4 Å². The monoisotopic (exact) mass is 396 g/mol. The average Bonchev–Trinajstić information content (AvgIpc) is 2.71. The Morgan fingerprint density at radius 1 is 1.24 bits per heavy atom. The van der Waals surface area contributed by atoms with Crippen molar-refractivity contribution in [3.8, 4) is 0 Å². The number of hydrogen-bond donors (Lipinski definition) is 3. The number of rotatable bonds is 7. The zero-order valence-electron chi connectivity index (χ0n) is 16.5. The molecule has 1 aliphatic carbocycles. The Labute approximate surface area is 170 Å². The lowest BCUT2D eigenvalue weighted by Crippen LogP contribution is -2.42. The van der Waals surface area contributed by atoms with Gasteiger partial charge < -0.3 is 15.5 Å². The van der Waals surface area contributed by atoms with Gasteiger partial charge in [0.1, 0.15) is 12.0 Å². The van der Waals surface area contributed by atoms with Crippen LogP contribution >= 0.6 is 0 Å². The molecule has 0 unspecified atom stereocenters. The van der Waals surface area contributed by atoms with Gasteiger partial charge in [-0.1, -0.05) is 24.3 Å². The maximum Gasteiger partial charge on any atom is 0.270 e. The lowest BCUT2D eigenvalue weighted by molar-refractivity contribution is 0.0428. The molecule has 1 saturated carbocycles. The van der Waals surface area contributed by atoms with Crippen molar-refractivity contribution in [2.75, 3.05) is 19.6 Å². The van der Waals surface area contributed by atoms with Crippen LogP contribution in [0.15, 0.2) is 36.7 Å². The van der Waals surface area contributed by atoms with E-state index in [-0.39, 0.29) is 18.6 Å². The number of amides is 1. The molecule has 0 bridgehead atoms. The van der Waals surface area contributed by atoms with Gasteiger partial charge in [-0.05, 0) is 48.8 Å². The summed E-state index contributed by atoms with van der Waals surface area (Å²) in [6, 6.07) is 10.1. The van der Waals surface area contributed by atoms with Gasteiger partial charge in [0.05, 0.1) is 12.2 Å². The van der Waals surface area contributed by atoms with Crippen molar-refractivity contribution >= 4 is 5.91 Å². The van der Waals surface area contributed by atoms with E-state index in [0.717, 1.165) is 44.5 Å². The van der Waals surface area contributed by atoms with E-state index in [2.05, 4.69) is 38.4 Å². The molecule has 0 spiro atoms. The molecule has 0 radical (unpaired) electrons. The lowest BCUT2D eigenvalue weighted by atomic mass is 9.79. The third-order valence-electron chi connectivity index (χ3n) is 5.84.